The molecular formula is C10H19NO5. The maximum absolute atomic E-state index is 11.5. The molecule has 0 aliphatic rings. The van der Waals surface area contributed by atoms with Crippen LogP contribution in [0.3, 0.4) is 0 Å². The number of carbonyl (C=O) groups excluding carboxylic acids is 1. The lowest BCUT2D eigenvalue weighted by molar-refractivity contribution is -0.150. The lowest BCUT2D eigenvalue weighted by atomic mass is 9.88. The Hall–Kier alpha value is -1.14. The Morgan fingerprint density at radius 3 is 1.88 bits per heavy atom. The van der Waals surface area contributed by atoms with Crippen molar-refractivity contribution in [2.75, 3.05) is 13.2 Å². The first-order chi connectivity index (χ1) is 7.17. The van der Waals surface area contributed by atoms with Gasteiger partial charge in [0.2, 0.25) is 5.91 Å². The number of aliphatic hydroxyl groups is 2. The smallest absolute Gasteiger partial charge is 0.309 e. The fraction of sp³-hybridized carbons (Fsp3) is 0.800. The number of carboxylic acids is 1. The lowest BCUT2D eigenvalue weighted by Crippen LogP contribution is -2.52. The van der Waals surface area contributed by atoms with Crippen molar-refractivity contribution in [1.29, 1.82) is 0 Å². The summed E-state index contributed by atoms with van der Waals surface area (Å²) in [7, 11) is 0. The first-order valence-electron chi connectivity index (χ1n) is 4.93. The Morgan fingerprint density at radius 1 is 1.12 bits per heavy atom. The number of hydrogen-bond donors (Lipinski definition) is 4. The molecule has 1 amide bonds. The average molecular weight is 233 g/mol. The molecule has 0 saturated heterocycles. The van der Waals surface area contributed by atoms with Gasteiger partial charge in [0, 0.05) is 6.42 Å². The first-order valence-corrected chi connectivity index (χ1v) is 4.93. The highest BCUT2D eigenvalue weighted by molar-refractivity contribution is 5.84. The number of aliphatic carboxylic acids is 1. The predicted molar refractivity (Wildman–Crippen MR) is 56.8 cm³/mol. The fourth-order valence-electron chi connectivity index (χ4n) is 0.987. The van der Waals surface area contributed by atoms with Crippen molar-refractivity contribution in [3.05, 3.63) is 0 Å². The van der Waals surface area contributed by atoms with Crippen LogP contribution in [0.1, 0.15) is 27.2 Å². The Labute approximate surface area is 94.3 Å². The number of carboxylic acid groups (broad SMARTS) is 1. The van der Waals surface area contributed by atoms with Crippen molar-refractivity contribution in [3.8, 4) is 0 Å². The summed E-state index contributed by atoms with van der Waals surface area (Å²) in [6.45, 7) is 3.51. The molecular weight excluding hydrogens is 214 g/mol. The van der Waals surface area contributed by atoms with Gasteiger partial charge in [0.15, 0.2) is 0 Å². The van der Waals surface area contributed by atoms with Crippen molar-refractivity contribution < 1.29 is 24.9 Å². The fourth-order valence-corrected chi connectivity index (χ4v) is 0.987. The third kappa shape index (κ3) is 4.16. The monoisotopic (exact) mass is 233 g/mol. The zero-order valence-corrected chi connectivity index (χ0v) is 9.78. The van der Waals surface area contributed by atoms with Crippen molar-refractivity contribution in [2.45, 2.75) is 32.7 Å². The van der Waals surface area contributed by atoms with Crippen molar-refractivity contribution in [3.63, 3.8) is 0 Å². The molecule has 0 aromatic heterocycles. The topological polar surface area (TPSA) is 107 Å². The maximum atomic E-state index is 11.5. The molecule has 6 heteroatoms. The third-order valence-corrected chi connectivity index (χ3v) is 2.32. The van der Waals surface area contributed by atoms with E-state index in [1.807, 2.05) is 0 Å². The van der Waals surface area contributed by atoms with Crippen molar-refractivity contribution in [1.82, 2.24) is 5.32 Å². The average Bonchev–Trinajstić information content (AvgIpc) is 2.16. The maximum Gasteiger partial charge on any atom is 0.309 e. The van der Waals surface area contributed by atoms with Gasteiger partial charge in [-0.3, -0.25) is 9.59 Å². The van der Waals surface area contributed by atoms with Crippen LogP contribution in [-0.4, -0.2) is 45.9 Å². The van der Waals surface area contributed by atoms with E-state index >= 15 is 0 Å². The molecule has 0 unspecified atom stereocenters. The largest absolute Gasteiger partial charge is 0.481 e. The van der Waals surface area contributed by atoms with Crippen LogP contribution < -0.4 is 5.32 Å². The highest BCUT2D eigenvalue weighted by Gasteiger charge is 2.33. The minimum Gasteiger partial charge on any atom is -0.481 e. The summed E-state index contributed by atoms with van der Waals surface area (Å²) in [6, 6.07) is 0. The summed E-state index contributed by atoms with van der Waals surface area (Å²) in [6.07, 6.45) is -0.210. The Balaban J connectivity index is 4.45. The molecule has 0 fully saturated rings. The van der Waals surface area contributed by atoms with Gasteiger partial charge in [-0.05, 0) is 20.8 Å². The van der Waals surface area contributed by atoms with Crippen LogP contribution >= 0.6 is 0 Å². The van der Waals surface area contributed by atoms with E-state index in [4.69, 9.17) is 15.3 Å². The second-order valence-electron chi connectivity index (χ2n) is 4.79. The molecule has 94 valence electrons. The highest BCUT2D eigenvalue weighted by atomic mass is 16.4. The molecule has 16 heavy (non-hydrogen) atoms. The number of carbonyl (C=O) groups is 2. The molecule has 0 aromatic rings. The minimum absolute atomic E-state index is 0.210. The van der Waals surface area contributed by atoms with E-state index in [1.54, 1.807) is 0 Å². The number of aliphatic hydroxyl groups excluding tert-OH is 2. The molecule has 0 aliphatic heterocycles. The van der Waals surface area contributed by atoms with Gasteiger partial charge in [-0.15, -0.1) is 0 Å². The van der Waals surface area contributed by atoms with E-state index < -0.39 is 36.0 Å². The first kappa shape index (κ1) is 14.9. The number of rotatable bonds is 6. The van der Waals surface area contributed by atoms with Crippen LogP contribution in [0.25, 0.3) is 0 Å². The van der Waals surface area contributed by atoms with Gasteiger partial charge in [-0.25, -0.2) is 0 Å². The van der Waals surface area contributed by atoms with Crippen LogP contribution in [0.2, 0.25) is 0 Å². The standard InChI is InChI=1S/C10H19NO5/c1-9(2,8(15)16)4-7(14)11-10(3,5-12)6-13/h12-13H,4-6H2,1-3H3,(H,11,14)(H,15,16). The zero-order valence-electron chi connectivity index (χ0n) is 9.78. The molecule has 0 rings (SSSR count). The van der Waals surface area contributed by atoms with Gasteiger partial charge in [-0.2, -0.15) is 0 Å². The third-order valence-electron chi connectivity index (χ3n) is 2.32. The van der Waals surface area contributed by atoms with E-state index in [0.29, 0.717) is 0 Å². The Kier molecular flexibility index (Phi) is 4.89. The van der Waals surface area contributed by atoms with Crippen LogP contribution in [0.4, 0.5) is 0 Å². The second-order valence-corrected chi connectivity index (χ2v) is 4.79. The van der Waals surface area contributed by atoms with E-state index in [2.05, 4.69) is 5.32 Å². The van der Waals surface area contributed by atoms with Gasteiger partial charge in [0.25, 0.3) is 0 Å². The summed E-state index contributed by atoms with van der Waals surface area (Å²) in [5, 5.41) is 29.1. The Morgan fingerprint density at radius 2 is 1.56 bits per heavy atom. The van der Waals surface area contributed by atoms with E-state index in [0.717, 1.165) is 0 Å². The zero-order chi connectivity index (χ0) is 13.0. The Bertz CT molecular complexity index is 270. The molecule has 0 aliphatic carbocycles. The molecule has 0 aromatic carbocycles. The SMILES string of the molecule is CC(CO)(CO)NC(=O)CC(C)(C)C(=O)O. The van der Waals surface area contributed by atoms with Gasteiger partial charge < -0.3 is 20.6 Å². The number of amides is 1. The highest BCUT2D eigenvalue weighted by Crippen LogP contribution is 2.20. The second kappa shape index (κ2) is 5.27. The van der Waals surface area contributed by atoms with Gasteiger partial charge >= 0.3 is 5.97 Å². The summed E-state index contributed by atoms with van der Waals surface area (Å²) in [5.74, 6) is -1.59. The summed E-state index contributed by atoms with van der Waals surface area (Å²) < 4.78 is 0. The van der Waals surface area contributed by atoms with E-state index in [1.165, 1.54) is 20.8 Å². The lowest BCUT2D eigenvalue weighted by Gasteiger charge is -2.28. The normalized spacial score (nSPS) is 12.3. The predicted octanol–water partition coefficient (Wildman–Crippen LogP) is -0.653. The van der Waals surface area contributed by atoms with Crippen LogP contribution in [0, 0.1) is 5.41 Å². The molecule has 0 atom stereocenters. The van der Waals surface area contributed by atoms with Gasteiger partial charge in [0.05, 0.1) is 24.2 Å². The molecule has 0 bridgehead atoms. The number of nitrogens with one attached hydrogen (secondary N) is 1. The summed E-state index contributed by atoms with van der Waals surface area (Å²) in [4.78, 5) is 22.3. The van der Waals surface area contributed by atoms with Gasteiger partial charge in [0.1, 0.15) is 0 Å². The molecule has 0 heterocycles. The molecule has 4 N–H and O–H groups in total. The summed E-state index contributed by atoms with van der Waals surface area (Å²) in [5.41, 5.74) is -2.29. The van der Waals surface area contributed by atoms with Crippen LogP contribution in [-0.2, 0) is 9.59 Å². The molecule has 0 radical (unpaired) electrons. The summed E-state index contributed by atoms with van der Waals surface area (Å²) >= 11 is 0. The van der Waals surface area contributed by atoms with Crippen molar-refractivity contribution in [2.24, 2.45) is 5.41 Å². The molecule has 6 nitrogen and oxygen atoms in total. The quantitative estimate of drug-likeness (QED) is 0.487. The minimum atomic E-state index is -1.17. The van der Waals surface area contributed by atoms with Crippen LogP contribution in [0.5, 0.6) is 0 Å². The molecule has 0 spiro atoms. The number of hydrogen-bond acceptors (Lipinski definition) is 4. The molecule has 0 saturated carbocycles. The van der Waals surface area contributed by atoms with E-state index in [9.17, 15) is 9.59 Å². The van der Waals surface area contributed by atoms with Gasteiger partial charge in [-0.1, -0.05) is 0 Å². The van der Waals surface area contributed by atoms with Crippen LogP contribution in [0.15, 0.2) is 0 Å². The van der Waals surface area contributed by atoms with E-state index in [-0.39, 0.29) is 6.42 Å². The van der Waals surface area contributed by atoms with Crippen molar-refractivity contribution >= 4 is 11.9 Å².